The van der Waals surface area contributed by atoms with Gasteiger partial charge < -0.3 is 10.2 Å². The highest BCUT2D eigenvalue weighted by Crippen LogP contribution is 2.42. The molecule has 2 heterocycles. The van der Waals surface area contributed by atoms with Crippen LogP contribution in [0.15, 0.2) is 60.0 Å². The molecule has 1 aliphatic rings. The lowest BCUT2D eigenvalue weighted by Gasteiger charge is -2.39. The highest BCUT2D eigenvalue weighted by molar-refractivity contribution is 7.13. The maximum atomic E-state index is 13.3. The summed E-state index contributed by atoms with van der Waals surface area (Å²) in [5.74, 6) is -0.755. The van der Waals surface area contributed by atoms with Crippen LogP contribution in [0.2, 0.25) is 0 Å². The van der Waals surface area contributed by atoms with Crippen LogP contribution in [0.5, 0.6) is 0 Å². The van der Waals surface area contributed by atoms with Gasteiger partial charge in [0.25, 0.3) is 5.91 Å². The number of anilines is 1. The van der Waals surface area contributed by atoms with Gasteiger partial charge in [-0.1, -0.05) is 48.5 Å². The summed E-state index contributed by atoms with van der Waals surface area (Å²) < 4.78 is 0. The Bertz CT molecular complexity index is 999. The van der Waals surface area contributed by atoms with Gasteiger partial charge in [-0.3, -0.25) is 9.59 Å². The lowest BCUT2D eigenvalue weighted by molar-refractivity contribution is -0.119. The van der Waals surface area contributed by atoms with Crippen LogP contribution in [0, 0.1) is 6.92 Å². The summed E-state index contributed by atoms with van der Waals surface area (Å²) in [5, 5.41) is 5.41. The van der Waals surface area contributed by atoms with Crippen molar-refractivity contribution in [3.8, 4) is 0 Å². The summed E-state index contributed by atoms with van der Waals surface area (Å²) in [4.78, 5) is 32.2. The molecule has 1 aliphatic heterocycles. The first-order valence-corrected chi connectivity index (χ1v) is 9.58. The van der Waals surface area contributed by atoms with Crippen LogP contribution in [0.4, 0.5) is 5.13 Å². The number of aromatic nitrogens is 1. The second kappa shape index (κ2) is 6.96. The molecule has 136 valence electrons. The molecule has 27 heavy (non-hydrogen) atoms. The monoisotopic (exact) mass is 377 g/mol. The van der Waals surface area contributed by atoms with Crippen molar-refractivity contribution < 1.29 is 9.59 Å². The molecule has 2 aromatic carbocycles. The lowest BCUT2D eigenvalue weighted by Crippen LogP contribution is -2.44. The number of carbonyl (C=O) groups is 2. The largest absolute Gasteiger partial charge is 0.334 e. The Labute approximate surface area is 161 Å². The zero-order valence-corrected chi connectivity index (χ0v) is 15.9. The standard InChI is InChI=1S/C21H19N3O2S/c1-13-12-27-21(22-13)23-19(25)17-15-10-6-7-11-16(15)20(26)24(2)18(17)14-8-4-3-5-9-14/h3-12,17-18H,1-2H3,(H,22,23,25). The number of hydrogen-bond acceptors (Lipinski definition) is 4. The molecule has 6 heteroatoms. The van der Waals surface area contributed by atoms with Crippen LogP contribution in [0.25, 0.3) is 0 Å². The number of carbonyl (C=O) groups excluding carboxylic acids is 2. The van der Waals surface area contributed by atoms with E-state index in [1.54, 1.807) is 18.0 Å². The van der Waals surface area contributed by atoms with E-state index in [0.717, 1.165) is 16.8 Å². The third-order valence-electron chi connectivity index (χ3n) is 4.85. The van der Waals surface area contributed by atoms with Gasteiger partial charge in [0.2, 0.25) is 5.91 Å². The molecular formula is C21H19N3O2S. The molecule has 0 aliphatic carbocycles. The highest BCUT2D eigenvalue weighted by atomic mass is 32.1. The Morgan fingerprint density at radius 3 is 2.52 bits per heavy atom. The van der Waals surface area contributed by atoms with Crippen molar-refractivity contribution in [1.82, 2.24) is 9.88 Å². The van der Waals surface area contributed by atoms with Gasteiger partial charge in [0.05, 0.1) is 17.7 Å². The number of aryl methyl sites for hydroxylation is 1. The normalized spacial score (nSPS) is 18.9. The molecule has 5 nitrogen and oxygen atoms in total. The van der Waals surface area contributed by atoms with Crippen molar-refractivity contribution in [2.24, 2.45) is 0 Å². The Hall–Kier alpha value is -2.99. The number of hydrogen-bond donors (Lipinski definition) is 1. The molecule has 4 rings (SSSR count). The molecular weight excluding hydrogens is 358 g/mol. The molecule has 2 atom stereocenters. The van der Waals surface area contributed by atoms with Gasteiger partial charge in [-0.05, 0) is 24.1 Å². The van der Waals surface area contributed by atoms with Crippen LogP contribution in [0.3, 0.4) is 0 Å². The predicted octanol–water partition coefficient (Wildman–Crippen LogP) is 4.00. The molecule has 0 radical (unpaired) electrons. The van der Waals surface area contributed by atoms with E-state index in [2.05, 4.69) is 10.3 Å². The van der Waals surface area contributed by atoms with E-state index in [1.165, 1.54) is 11.3 Å². The van der Waals surface area contributed by atoms with E-state index in [1.807, 2.05) is 60.8 Å². The summed E-state index contributed by atoms with van der Waals surface area (Å²) in [6.45, 7) is 1.89. The summed E-state index contributed by atoms with van der Waals surface area (Å²) in [6.07, 6.45) is 0. The molecule has 0 spiro atoms. The fourth-order valence-electron chi connectivity index (χ4n) is 3.62. The molecule has 1 N–H and O–H groups in total. The zero-order valence-electron chi connectivity index (χ0n) is 15.0. The molecule has 2 unspecified atom stereocenters. The second-order valence-corrected chi connectivity index (χ2v) is 7.48. The summed E-state index contributed by atoms with van der Waals surface area (Å²) in [7, 11) is 1.75. The maximum absolute atomic E-state index is 13.3. The molecule has 1 aromatic heterocycles. The van der Waals surface area contributed by atoms with Crippen molar-refractivity contribution in [2.75, 3.05) is 12.4 Å². The number of fused-ring (bicyclic) bond motifs is 1. The number of likely N-dealkylation sites (N-methyl/N-ethyl adjacent to an activating group) is 1. The maximum Gasteiger partial charge on any atom is 0.254 e. The number of nitrogens with one attached hydrogen (secondary N) is 1. The van der Waals surface area contributed by atoms with Crippen molar-refractivity contribution in [3.63, 3.8) is 0 Å². The van der Waals surface area contributed by atoms with Gasteiger partial charge in [0.15, 0.2) is 5.13 Å². The van der Waals surface area contributed by atoms with Crippen LogP contribution in [-0.2, 0) is 4.79 Å². The van der Waals surface area contributed by atoms with Gasteiger partial charge in [0.1, 0.15) is 0 Å². The van der Waals surface area contributed by atoms with Crippen molar-refractivity contribution in [1.29, 1.82) is 0 Å². The summed E-state index contributed by atoms with van der Waals surface area (Å²) >= 11 is 1.40. The van der Waals surface area contributed by atoms with Gasteiger partial charge in [-0.2, -0.15) is 0 Å². The number of rotatable bonds is 3. The summed E-state index contributed by atoms with van der Waals surface area (Å²) in [5.41, 5.74) is 3.12. The average Bonchev–Trinajstić information content (AvgIpc) is 3.09. The van der Waals surface area contributed by atoms with E-state index in [-0.39, 0.29) is 17.9 Å². The molecule has 0 fully saturated rings. The van der Waals surface area contributed by atoms with E-state index in [0.29, 0.717) is 10.7 Å². The third kappa shape index (κ3) is 3.13. The van der Waals surface area contributed by atoms with E-state index in [9.17, 15) is 9.59 Å². The van der Waals surface area contributed by atoms with Gasteiger partial charge in [0, 0.05) is 18.0 Å². The molecule has 0 saturated carbocycles. The Kier molecular flexibility index (Phi) is 4.49. The van der Waals surface area contributed by atoms with Crippen molar-refractivity contribution >= 4 is 28.3 Å². The molecule has 2 amide bonds. The Balaban J connectivity index is 1.81. The van der Waals surface area contributed by atoms with E-state index < -0.39 is 5.92 Å². The Morgan fingerprint density at radius 1 is 1.11 bits per heavy atom. The Morgan fingerprint density at radius 2 is 1.81 bits per heavy atom. The van der Waals surface area contributed by atoms with Gasteiger partial charge in [-0.25, -0.2) is 4.98 Å². The van der Waals surface area contributed by atoms with Crippen LogP contribution in [-0.4, -0.2) is 28.7 Å². The number of benzene rings is 2. The minimum absolute atomic E-state index is 0.0754. The summed E-state index contributed by atoms with van der Waals surface area (Å²) in [6, 6.07) is 16.6. The van der Waals surface area contributed by atoms with Crippen molar-refractivity contribution in [2.45, 2.75) is 18.9 Å². The van der Waals surface area contributed by atoms with Crippen LogP contribution in [0.1, 0.15) is 39.1 Å². The molecule has 3 aromatic rings. The first-order valence-electron chi connectivity index (χ1n) is 8.70. The SMILES string of the molecule is Cc1csc(NC(=O)C2c3ccccc3C(=O)N(C)C2c2ccccc2)n1. The van der Waals surface area contributed by atoms with Crippen LogP contribution < -0.4 is 5.32 Å². The smallest absolute Gasteiger partial charge is 0.254 e. The quantitative estimate of drug-likeness (QED) is 0.750. The number of nitrogens with zero attached hydrogens (tertiary/aromatic N) is 2. The van der Waals surface area contributed by atoms with E-state index in [4.69, 9.17) is 0 Å². The van der Waals surface area contributed by atoms with Crippen LogP contribution >= 0.6 is 11.3 Å². The van der Waals surface area contributed by atoms with E-state index >= 15 is 0 Å². The number of amides is 2. The minimum atomic E-state index is -0.518. The molecule has 0 saturated heterocycles. The van der Waals surface area contributed by atoms with Crippen molar-refractivity contribution in [3.05, 3.63) is 82.4 Å². The average molecular weight is 377 g/mol. The molecule has 0 bridgehead atoms. The second-order valence-electron chi connectivity index (χ2n) is 6.62. The fourth-order valence-corrected chi connectivity index (χ4v) is 4.31. The van der Waals surface area contributed by atoms with Gasteiger partial charge >= 0.3 is 0 Å². The fraction of sp³-hybridized carbons (Fsp3) is 0.190. The number of thiazole rings is 1. The topological polar surface area (TPSA) is 62.3 Å². The zero-order chi connectivity index (χ0) is 19.0. The predicted molar refractivity (Wildman–Crippen MR) is 106 cm³/mol. The highest BCUT2D eigenvalue weighted by Gasteiger charge is 2.42. The first kappa shape index (κ1) is 17.4. The first-order chi connectivity index (χ1) is 13.1. The third-order valence-corrected chi connectivity index (χ3v) is 5.73. The lowest BCUT2D eigenvalue weighted by atomic mass is 9.79. The van der Waals surface area contributed by atoms with Gasteiger partial charge in [-0.15, -0.1) is 11.3 Å². The minimum Gasteiger partial charge on any atom is -0.334 e.